The average Bonchev–Trinajstić information content (AvgIpc) is 2.82. The summed E-state index contributed by atoms with van der Waals surface area (Å²) in [6.07, 6.45) is 1.85. The van der Waals surface area contributed by atoms with E-state index in [1.165, 1.54) is 14.2 Å². The number of nitrogens with zero attached hydrogens (tertiary/aromatic N) is 3. The number of hydrogen-bond acceptors (Lipinski definition) is 5. The van der Waals surface area contributed by atoms with Crippen LogP contribution in [0.25, 0.3) is 0 Å². The van der Waals surface area contributed by atoms with Gasteiger partial charge in [0.15, 0.2) is 17.3 Å². The third-order valence-electron chi connectivity index (χ3n) is 2.75. The number of halogens is 1. The van der Waals surface area contributed by atoms with E-state index in [4.69, 9.17) is 21.1 Å². The van der Waals surface area contributed by atoms with Crippen molar-refractivity contribution in [2.24, 2.45) is 7.05 Å². The molecule has 20 heavy (non-hydrogen) atoms. The van der Waals surface area contributed by atoms with Crippen molar-refractivity contribution >= 4 is 17.4 Å². The van der Waals surface area contributed by atoms with Crippen molar-refractivity contribution in [3.63, 3.8) is 0 Å². The average molecular weight is 296 g/mol. The van der Waals surface area contributed by atoms with E-state index in [0.717, 1.165) is 0 Å². The summed E-state index contributed by atoms with van der Waals surface area (Å²) in [5.41, 5.74) is 1.04. The van der Waals surface area contributed by atoms with Gasteiger partial charge in [0.1, 0.15) is 0 Å². The number of Topliss-reactive ketones (excluding diaryl/α,β-unsaturated/α-hetero) is 1. The van der Waals surface area contributed by atoms with E-state index < -0.39 is 0 Å². The first-order valence-corrected chi connectivity index (χ1v) is 6.23. The third kappa shape index (κ3) is 2.91. The van der Waals surface area contributed by atoms with Crippen LogP contribution in [0.3, 0.4) is 0 Å². The Morgan fingerprint density at radius 2 is 2.10 bits per heavy atom. The van der Waals surface area contributed by atoms with Crippen LogP contribution in [-0.2, 0) is 13.5 Å². The first kappa shape index (κ1) is 14.3. The standard InChI is InChI=1S/C13H14ClN3O3/c1-17-7-9(15-16-17)6-11(18)8-4-10(14)13(20-3)12(5-8)19-2/h4-5,7H,6H2,1-3H3. The first-order chi connectivity index (χ1) is 9.55. The Bertz CT molecular complexity index is 640. The molecule has 0 unspecified atom stereocenters. The number of aromatic nitrogens is 3. The maximum atomic E-state index is 12.2. The quantitative estimate of drug-likeness (QED) is 0.788. The fraction of sp³-hybridized carbons (Fsp3) is 0.308. The zero-order valence-corrected chi connectivity index (χ0v) is 12.1. The summed E-state index contributed by atoms with van der Waals surface area (Å²) in [5, 5.41) is 8.00. The second-order valence-corrected chi connectivity index (χ2v) is 4.58. The molecule has 0 bridgehead atoms. The molecule has 0 saturated heterocycles. The Hall–Kier alpha value is -2.08. The smallest absolute Gasteiger partial charge is 0.179 e. The number of rotatable bonds is 5. The molecule has 0 radical (unpaired) electrons. The molecule has 0 atom stereocenters. The van der Waals surface area contributed by atoms with Crippen LogP contribution in [0, 0.1) is 0 Å². The highest BCUT2D eigenvalue weighted by atomic mass is 35.5. The summed E-state index contributed by atoms with van der Waals surface area (Å²) in [6.45, 7) is 0. The van der Waals surface area contributed by atoms with Gasteiger partial charge in [0, 0.05) is 18.8 Å². The summed E-state index contributed by atoms with van der Waals surface area (Å²) >= 11 is 6.08. The highest BCUT2D eigenvalue weighted by Gasteiger charge is 2.16. The number of ether oxygens (including phenoxy) is 2. The Kier molecular flexibility index (Phi) is 4.24. The van der Waals surface area contributed by atoms with Crippen molar-refractivity contribution in [2.45, 2.75) is 6.42 Å². The minimum absolute atomic E-state index is 0.117. The number of carbonyl (C=O) groups excluding carboxylic acids is 1. The number of carbonyl (C=O) groups is 1. The predicted octanol–water partition coefficient (Wildman–Crippen LogP) is 1.91. The molecule has 0 aliphatic heterocycles. The molecule has 2 aromatic rings. The normalized spacial score (nSPS) is 10.4. The van der Waals surface area contributed by atoms with Gasteiger partial charge in [-0.2, -0.15) is 0 Å². The summed E-state index contributed by atoms with van der Waals surface area (Å²) in [4.78, 5) is 12.2. The van der Waals surface area contributed by atoms with Crippen LogP contribution in [-0.4, -0.2) is 35.0 Å². The molecule has 0 saturated carbocycles. The van der Waals surface area contributed by atoms with Crippen LogP contribution >= 0.6 is 11.6 Å². The monoisotopic (exact) mass is 295 g/mol. The van der Waals surface area contributed by atoms with Crippen LogP contribution in [0.4, 0.5) is 0 Å². The van der Waals surface area contributed by atoms with Gasteiger partial charge in [-0.05, 0) is 12.1 Å². The van der Waals surface area contributed by atoms with Gasteiger partial charge in [0.25, 0.3) is 0 Å². The van der Waals surface area contributed by atoms with Crippen molar-refractivity contribution in [1.82, 2.24) is 15.0 Å². The van der Waals surface area contributed by atoms with Crippen LogP contribution < -0.4 is 9.47 Å². The lowest BCUT2D eigenvalue weighted by molar-refractivity contribution is 0.0991. The van der Waals surface area contributed by atoms with Crippen LogP contribution in [0.15, 0.2) is 18.3 Å². The van der Waals surface area contributed by atoms with E-state index in [-0.39, 0.29) is 12.2 Å². The van der Waals surface area contributed by atoms with E-state index in [0.29, 0.717) is 27.8 Å². The molecule has 0 amide bonds. The molecule has 1 heterocycles. The molecular weight excluding hydrogens is 282 g/mol. The highest BCUT2D eigenvalue weighted by Crippen LogP contribution is 2.36. The SMILES string of the molecule is COc1cc(C(=O)Cc2cn(C)nn2)cc(Cl)c1OC. The fourth-order valence-electron chi connectivity index (χ4n) is 1.82. The second kappa shape index (κ2) is 5.92. The highest BCUT2D eigenvalue weighted by molar-refractivity contribution is 6.32. The van der Waals surface area contributed by atoms with Gasteiger partial charge >= 0.3 is 0 Å². The summed E-state index contributed by atoms with van der Waals surface area (Å²) in [7, 11) is 4.73. The van der Waals surface area contributed by atoms with Gasteiger partial charge < -0.3 is 9.47 Å². The topological polar surface area (TPSA) is 66.2 Å². The lowest BCUT2D eigenvalue weighted by Gasteiger charge is -2.11. The molecule has 0 aliphatic carbocycles. The molecule has 2 rings (SSSR count). The number of ketones is 1. The van der Waals surface area contributed by atoms with Gasteiger partial charge in [-0.15, -0.1) is 5.10 Å². The van der Waals surface area contributed by atoms with E-state index in [2.05, 4.69) is 10.3 Å². The summed E-state index contributed by atoms with van der Waals surface area (Å²) < 4.78 is 11.8. The molecule has 0 fully saturated rings. The van der Waals surface area contributed by atoms with Crippen molar-refractivity contribution in [3.8, 4) is 11.5 Å². The Morgan fingerprint density at radius 3 is 2.65 bits per heavy atom. The second-order valence-electron chi connectivity index (χ2n) is 4.18. The van der Waals surface area contributed by atoms with Crippen molar-refractivity contribution < 1.29 is 14.3 Å². The lowest BCUT2D eigenvalue weighted by atomic mass is 10.1. The molecule has 0 spiro atoms. The molecular formula is C13H14ClN3O3. The number of aryl methyl sites for hydroxylation is 1. The van der Waals surface area contributed by atoms with E-state index >= 15 is 0 Å². The van der Waals surface area contributed by atoms with Crippen molar-refractivity contribution in [3.05, 3.63) is 34.6 Å². The molecule has 6 nitrogen and oxygen atoms in total. The Morgan fingerprint density at radius 1 is 1.35 bits per heavy atom. The third-order valence-corrected chi connectivity index (χ3v) is 3.03. The Labute approximate surface area is 121 Å². The molecule has 7 heteroatoms. The van der Waals surface area contributed by atoms with Crippen molar-refractivity contribution in [2.75, 3.05) is 14.2 Å². The van der Waals surface area contributed by atoms with Crippen LogP contribution in [0.5, 0.6) is 11.5 Å². The van der Waals surface area contributed by atoms with Gasteiger partial charge in [-0.25, -0.2) is 0 Å². The molecule has 1 aromatic heterocycles. The van der Waals surface area contributed by atoms with Gasteiger partial charge in [-0.1, -0.05) is 16.8 Å². The predicted molar refractivity (Wildman–Crippen MR) is 73.6 cm³/mol. The van der Waals surface area contributed by atoms with Crippen LogP contribution in [0.1, 0.15) is 16.1 Å². The fourth-order valence-corrected chi connectivity index (χ4v) is 2.11. The number of methoxy groups -OCH3 is 2. The lowest BCUT2D eigenvalue weighted by Crippen LogP contribution is -2.05. The summed E-state index contributed by atoms with van der Waals surface area (Å²) in [5.74, 6) is 0.709. The Balaban J connectivity index is 2.28. The number of benzene rings is 1. The van der Waals surface area contributed by atoms with Crippen molar-refractivity contribution in [1.29, 1.82) is 0 Å². The largest absolute Gasteiger partial charge is 0.493 e. The maximum Gasteiger partial charge on any atom is 0.179 e. The minimum atomic E-state index is -0.117. The zero-order valence-electron chi connectivity index (χ0n) is 11.4. The van der Waals surface area contributed by atoms with Gasteiger partial charge in [-0.3, -0.25) is 9.48 Å². The van der Waals surface area contributed by atoms with Gasteiger partial charge in [0.05, 0.1) is 31.4 Å². The minimum Gasteiger partial charge on any atom is -0.493 e. The van der Waals surface area contributed by atoms with E-state index in [1.807, 2.05) is 0 Å². The van der Waals surface area contributed by atoms with Gasteiger partial charge in [0.2, 0.25) is 0 Å². The first-order valence-electron chi connectivity index (χ1n) is 5.85. The summed E-state index contributed by atoms with van der Waals surface area (Å²) in [6, 6.07) is 3.16. The van der Waals surface area contributed by atoms with Crippen LogP contribution in [0.2, 0.25) is 5.02 Å². The zero-order chi connectivity index (χ0) is 14.7. The maximum absolute atomic E-state index is 12.2. The molecule has 106 valence electrons. The molecule has 0 N–H and O–H groups in total. The van der Waals surface area contributed by atoms with E-state index in [9.17, 15) is 4.79 Å². The van der Waals surface area contributed by atoms with E-state index in [1.54, 1.807) is 30.1 Å². The number of hydrogen-bond donors (Lipinski definition) is 0. The molecule has 1 aromatic carbocycles. The molecule has 0 aliphatic rings.